The van der Waals surface area contributed by atoms with Gasteiger partial charge in [-0.15, -0.1) is 22.9 Å². The van der Waals surface area contributed by atoms with Crippen LogP contribution in [0.25, 0.3) is 10.2 Å². The van der Waals surface area contributed by atoms with Crippen LogP contribution in [-0.2, 0) is 0 Å². The average molecular weight is 270 g/mol. The van der Waals surface area contributed by atoms with Crippen LogP contribution in [-0.4, -0.2) is 22.4 Å². The van der Waals surface area contributed by atoms with Crippen molar-refractivity contribution in [1.29, 1.82) is 0 Å². The van der Waals surface area contributed by atoms with Gasteiger partial charge in [0, 0.05) is 12.4 Å². The van der Waals surface area contributed by atoms with E-state index in [-0.39, 0.29) is 5.41 Å². The van der Waals surface area contributed by atoms with Crippen molar-refractivity contribution >= 4 is 39.0 Å². The van der Waals surface area contributed by atoms with Crippen LogP contribution in [0.3, 0.4) is 0 Å². The molecule has 5 heteroatoms. The summed E-state index contributed by atoms with van der Waals surface area (Å²) >= 11 is 7.43. The number of nitrogens with zero attached hydrogens (tertiary/aromatic N) is 2. The topological polar surface area (TPSA) is 37.8 Å². The number of fused-ring (bicyclic) bond motifs is 1. The fraction of sp³-hybridized carbons (Fsp3) is 0.500. The molecule has 0 aliphatic heterocycles. The first kappa shape index (κ1) is 12.6. The Morgan fingerprint density at radius 3 is 3.00 bits per heavy atom. The highest BCUT2D eigenvalue weighted by Gasteiger charge is 2.17. The first-order valence-electron chi connectivity index (χ1n) is 5.60. The zero-order valence-electron chi connectivity index (χ0n) is 10.0. The summed E-state index contributed by atoms with van der Waals surface area (Å²) in [5, 5.41) is 6.53. The summed E-state index contributed by atoms with van der Waals surface area (Å²) in [5.74, 6) is 1.60. The third-order valence-corrected chi connectivity index (χ3v) is 3.78. The summed E-state index contributed by atoms with van der Waals surface area (Å²) in [6, 6.07) is 2.05. The third kappa shape index (κ3) is 3.07. The van der Waals surface area contributed by atoms with E-state index in [2.05, 4.69) is 35.2 Å². The molecule has 0 fully saturated rings. The maximum Gasteiger partial charge on any atom is 0.138 e. The maximum atomic E-state index is 5.79. The number of alkyl halides is 1. The molecule has 0 atom stereocenters. The molecule has 0 bridgehead atoms. The van der Waals surface area contributed by atoms with Crippen LogP contribution < -0.4 is 5.32 Å². The Bertz CT molecular complexity index is 495. The Balaban J connectivity index is 2.11. The molecule has 2 rings (SSSR count). The number of nitrogens with one attached hydrogen (secondary N) is 1. The van der Waals surface area contributed by atoms with E-state index in [1.165, 1.54) is 0 Å². The van der Waals surface area contributed by atoms with Crippen molar-refractivity contribution in [2.24, 2.45) is 5.41 Å². The molecule has 0 radical (unpaired) electrons. The highest BCUT2D eigenvalue weighted by atomic mass is 35.5. The van der Waals surface area contributed by atoms with Gasteiger partial charge in [-0.25, -0.2) is 9.97 Å². The molecule has 0 aliphatic carbocycles. The lowest BCUT2D eigenvalue weighted by atomic mass is 9.90. The fourth-order valence-electron chi connectivity index (χ4n) is 1.60. The molecule has 17 heavy (non-hydrogen) atoms. The molecule has 0 saturated carbocycles. The van der Waals surface area contributed by atoms with E-state index in [0.29, 0.717) is 5.88 Å². The maximum absolute atomic E-state index is 5.79. The molecule has 0 amide bonds. The first-order valence-corrected chi connectivity index (χ1v) is 7.02. The van der Waals surface area contributed by atoms with Crippen molar-refractivity contribution in [3.63, 3.8) is 0 Å². The fourth-order valence-corrected chi connectivity index (χ4v) is 2.84. The van der Waals surface area contributed by atoms with E-state index in [4.69, 9.17) is 11.6 Å². The van der Waals surface area contributed by atoms with E-state index < -0.39 is 0 Å². The van der Waals surface area contributed by atoms with Gasteiger partial charge in [0.1, 0.15) is 17.0 Å². The van der Waals surface area contributed by atoms with E-state index >= 15 is 0 Å². The van der Waals surface area contributed by atoms with E-state index in [9.17, 15) is 0 Å². The number of rotatable bonds is 5. The van der Waals surface area contributed by atoms with Crippen LogP contribution in [0.1, 0.15) is 20.3 Å². The van der Waals surface area contributed by atoms with Gasteiger partial charge in [0.25, 0.3) is 0 Å². The molecule has 0 aromatic carbocycles. The van der Waals surface area contributed by atoms with Crippen molar-refractivity contribution in [1.82, 2.24) is 9.97 Å². The lowest BCUT2D eigenvalue weighted by Crippen LogP contribution is -2.24. The molecule has 3 nitrogen and oxygen atoms in total. The number of hydrogen-bond acceptors (Lipinski definition) is 4. The molecule has 2 aromatic heterocycles. The minimum absolute atomic E-state index is 0.176. The Morgan fingerprint density at radius 1 is 1.41 bits per heavy atom. The van der Waals surface area contributed by atoms with Crippen molar-refractivity contribution < 1.29 is 0 Å². The predicted molar refractivity (Wildman–Crippen MR) is 75.0 cm³/mol. The van der Waals surface area contributed by atoms with Crippen molar-refractivity contribution in [2.75, 3.05) is 17.7 Å². The SMILES string of the molecule is CC(C)(CCCl)CNc1ncnc2sccc12. The Kier molecular flexibility index (Phi) is 3.84. The molecule has 2 aromatic rings. The van der Waals surface area contributed by atoms with Crippen molar-refractivity contribution in [3.05, 3.63) is 17.8 Å². The molecule has 1 N–H and O–H groups in total. The number of anilines is 1. The normalized spacial score (nSPS) is 11.9. The molecule has 0 saturated heterocycles. The van der Waals surface area contributed by atoms with E-state index in [1.807, 2.05) is 5.38 Å². The summed E-state index contributed by atoms with van der Waals surface area (Å²) in [6.45, 7) is 5.27. The smallest absolute Gasteiger partial charge is 0.138 e. The summed E-state index contributed by atoms with van der Waals surface area (Å²) in [4.78, 5) is 9.55. The number of halogens is 1. The van der Waals surface area contributed by atoms with Crippen LogP contribution in [0, 0.1) is 5.41 Å². The lowest BCUT2D eigenvalue weighted by molar-refractivity contribution is 0.379. The van der Waals surface area contributed by atoms with Crippen molar-refractivity contribution in [3.8, 4) is 0 Å². The van der Waals surface area contributed by atoms with Gasteiger partial charge < -0.3 is 5.32 Å². The van der Waals surface area contributed by atoms with Gasteiger partial charge in [-0.05, 0) is 23.3 Å². The highest BCUT2D eigenvalue weighted by molar-refractivity contribution is 7.16. The predicted octanol–water partition coefficient (Wildman–Crippen LogP) is 3.76. The molecule has 0 spiro atoms. The third-order valence-electron chi connectivity index (χ3n) is 2.77. The van der Waals surface area contributed by atoms with Crippen LogP contribution in [0.4, 0.5) is 5.82 Å². The van der Waals surface area contributed by atoms with Gasteiger partial charge >= 0.3 is 0 Å². The standard InChI is InChI=1S/C12H16ClN3S/c1-12(2,4-5-13)7-14-10-9-3-6-17-11(9)16-8-15-10/h3,6,8H,4-5,7H2,1-2H3,(H,14,15,16). The molecule has 0 aliphatic rings. The minimum atomic E-state index is 0.176. The van der Waals surface area contributed by atoms with Crippen molar-refractivity contribution in [2.45, 2.75) is 20.3 Å². The Labute approximate surface area is 110 Å². The number of hydrogen-bond donors (Lipinski definition) is 1. The Morgan fingerprint density at radius 2 is 2.24 bits per heavy atom. The summed E-state index contributed by atoms with van der Waals surface area (Å²) in [6.07, 6.45) is 2.59. The zero-order valence-corrected chi connectivity index (χ0v) is 11.6. The highest BCUT2D eigenvalue weighted by Crippen LogP contribution is 2.26. The van der Waals surface area contributed by atoms with Crippen LogP contribution in [0.2, 0.25) is 0 Å². The average Bonchev–Trinajstić information content (AvgIpc) is 2.74. The second-order valence-electron chi connectivity index (χ2n) is 4.82. The largest absolute Gasteiger partial charge is 0.369 e. The molecule has 92 valence electrons. The quantitative estimate of drug-likeness (QED) is 0.840. The van der Waals surface area contributed by atoms with Crippen LogP contribution in [0.15, 0.2) is 17.8 Å². The zero-order chi connectivity index (χ0) is 12.3. The molecular formula is C12H16ClN3S. The first-order chi connectivity index (χ1) is 8.12. The second-order valence-corrected chi connectivity index (χ2v) is 6.09. The van der Waals surface area contributed by atoms with E-state index in [1.54, 1.807) is 17.7 Å². The number of aromatic nitrogens is 2. The second kappa shape index (κ2) is 5.19. The molecular weight excluding hydrogens is 254 g/mol. The van der Waals surface area contributed by atoms with Crippen LogP contribution >= 0.6 is 22.9 Å². The van der Waals surface area contributed by atoms with Gasteiger partial charge in [-0.3, -0.25) is 0 Å². The summed E-state index contributed by atoms with van der Waals surface area (Å²) < 4.78 is 0. The lowest BCUT2D eigenvalue weighted by Gasteiger charge is -2.24. The summed E-state index contributed by atoms with van der Waals surface area (Å²) in [5.41, 5.74) is 0.176. The summed E-state index contributed by atoms with van der Waals surface area (Å²) in [7, 11) is 0. The van der Waals surface area contributed by atoms with Gasteiger partial charge in [0.05, 0.1) is 5.39 Å². The van der Waals surface area contributed by atoms with Gasteiger partial charge in [-0.2, -0.15) is 0 Å². The van der Waals surface area contributed by atoms with E-state index in [0.717, 1.165) is 29.0 Å². The Hall–Kier alpha value is -0.870. The molecule has 0 unspecified atom stereocenters. The monoisotopic (exact) mass is 269 g/mol. The van der Waals surface area contributed by atoms with Gasteiger partial charge in [-0.1, -0.05) is 13.8 Å². The van der Waals surface area contributed by atoms with Gasteiger partial charge in [0.15, 0.2) is 0 Å². The minimum Gasteiger partial charge on any atom is -0.369 e. The number of thiophene rings is 1. The van der Waals surface area contributed by atoms with Crippen LogP contribution in [0.5, 0.6) is 0 Å². The molecule has 2 heterocycles. The van der Waals surface area contributed by atoms with Gasteiger partial charge in [0.2, 0.25) is 0 Å².